The number of nitrogens with zero attached hydrogens (tertiary/aromatic N) is 3. The number of nitro groups is 1. The van der Waals surface area contributed by atoms with Crippen LogP contribution in [0.15, 0.2) is 12.3 Å². The first kappa shape index (κ1) is 13.1. The normalized spacial score (nSPS) is 12.1. The molecule has 1 atom stereocenters. The third-order valence-electron chi connectivity index (χ3n) is 2.09. The van der Waals surface area contributed by atoms with E-state index in [1.165, 1.54) is 16.9 Å². The SMILES string of the molecule is CC(CCO)NC(=O)Cn1ccc([N+](=O)[O-])n1. The second kappa shape index (κ2) is 5.94. The van der Waals surface area contributed by atoms with Crippen LogP contribution in [-0.4, -0.2) is 38.4 Å². The van der Waals surface area contributed by atoms with Crippen molar-refractivity contribution in [1.82, 2.24) is 15.1 Å². The molecule has 94 valence electrons. The molecule has 0 saturated carbocycles. The van der Waals surface area contributed by atoms with E-state index in [4.69, 9.17) is 5.11 Å². The van der Waals surface area contributed by atoms with Gasteiger partial charge in [0.05, 0.1) is 17.4 Å². The van der Waals surface area contributed by atoms with Gasteiger partial charge in [-0.05, 0) is 18.3 Å². The van der Waals surface area contributed by atoms with E-state index < -0.39 is 4.92 Å². The Morgan fingerprint density at radius 3 is 3.00 bits per heavy atom. The Morgan fingerprint density at radius 2 is 2.47 bits per heavy atom. The lowest BCUT2D eigenvalue weighted by atomic mass is 10.2. The van der Waals surface area contributed by atoms with Gasteiger partial charge in [-0.25, -0.2) is 0 Å². The van der Waals surface area contributed by atoms with Crippen LogP contribution in [0.5, 0.6) is 0 Å². The van der Waals surface area contributed by atoms with Crippen molar-refractivity contribution in [3.63, 3.8) is 0 Å². The van der Waals surface area contributed by atoms with Gasteiger partial charge in [-0.15, -0.1) is 0 Å². The molecular weight excluding hydrogens is 228 g/mol. The maximum Gasteiger partial charge on any atom is 0.389 e. The van der Waals surface area contributed by atoms with Gasteiger partial charge >= 0.3 is 5.82 Å². The molecule has 0 radical (unpaired) electrons. The second-order valence-electron chi connectivity index (χ2n) is 3.61. The van der Waals surface area contributed by atoms with Gasteiger partial charge in [0.25, 0.3) is 0 Å². The van der Waals surface area contributed by atoms with E-state index in [-0.39, 0.29) is 30.9 Å². The molecule has 0 spiro atoms. The highest BCUT2D eigenvalue weighted by molar-refractivity contribution is 5.75. The summed E-state index contributed by atoms with van der Waals surface area (Å²) in [4.78, 5) is 21.2. The molecule has 0 aliphatic carbocycles. The van der Waals surface area contributed by atoms with Gasteiger partial charge in [0.15, 0.2) is 0 Å². The minimum Gasteiger partial charge on any atom is -0.396 e. The number of carbonyl (C=O) groups excluding carboxylic acids is 1. The Hall–Kier alpha value is -1.96. The number of rotatable bonds is 6. The van der Waals surface area contributed by atoms with E-state index in [0.717, 1.165) is 0 Å². The molecule has 1 amide bonds. The topological polar surface area (TPSA) is 110 Å². The zero-order valence-corrected chi connectivity index (χ0v) is 9.37. The monoisotopic (exact) mass is 242 g/mol. The Bertz CT molecular complexity index is 403. The van der Waals surface area contributed by atoms with Gasteiger partial charge in [-0.1, -0.05) is 0 Å². The quantitative estimate of drug-likeness (QED) is 0.524. The first-order chi connectivity index (χ1) is 8.02. The molecule has 8 nitrogen and oxygen atoms in total. The average molecular weight is 242 g/mol. The summed E-state index contributed by atoms with van der Waals surface area (Å²) in [6.45, 7) is 1.68. The summed E-state index contributed by atoms with van der Waals surface area (Å²) in [6.07, 6.45) is 1.83. The van der Waals surface area contributed by atoms with Crippen molar-refractivity contribution in [3.05, 3.63) is 22.4 Å². The number of hydrogen-bond acceptors (Lipinski definition) is 5. The third kappa shape index (κ3) is 4.19. The summed E-state index contributed by atoms with van der Waals surface area (Å²) in [5.41, 5.74) is 0. The molecule has 0 saturated heterocycles. The number of aliphatic hydroxyl groups is 1. The van der Waals surface area contributed by atoms with E-state index in [1.54, 1.807) is 6.92 Å². The number of nitrogens with one attached hydrogen (secondary N) is 1. The number of amides is 1. The van der Waals surface area contributed by atoms with Gasteiger partial charge < -0.3 is 20.5 Å². The van der Waals surface area contributed by atoms with Crippen LogP contribution in [0.1, 0.15) is 13.3 Å². The Labute approximate surface area is 97.4 Å². The van der Waals surface area contributed by atoms with Gasteiger partial charge in [-0.3, -0.25) is 4.79 Å². The van der Waals surface area contributed by atoms with Gasteiger partial charge in [0.2, 0.25) is 5.91 Å². The smallest absolute Gasteiger partial charge is 0.389 e. The Morgan fingerprint density at radius 1 is 1.76 bits per heavy atom. The fourth-order valence-corrected chi connectivity index (χ4v) is 1.27. The van der Waals surface area contributed by atoms with Gasteiger partial charge in [-0.2, -0.15) is 4.68 Å². The molecule has 0 bridgehead atoms. The van der Waals surface area contributed by atoms with Crippen LogP contribution >= 0.6 is 0 Å². The fourth-order valence-electron chi connectivity index (χ4n) is 1.27. The standard InChI is InChI=1S/C9H14N4O4/c1-7(3-5-14)10-9(15)6-12-4-2-8(11-12)13(16)17/h2,4,7,14H,3,5-6H2,1H3,(H,10,15). The summed E-state index contributed by atoms with van der Waals surface area (Å²) in [5.74, 6) is -0.592. The highest BCUT2D eigenvalue weighted by Gasteiger charge is 2.14. The number of carbonyl (C=O) groups is 1. The lowest BCUT2D eigenvalue weighted by Crippen LogP contribution is -2.35. The van der Waals surface area contributed by atoms with E-state index >= 15 is 0 Å². The van der Waals surface area contributed by atoms with Gasteiger partial charge in [0.1, 0.15) is 6.54 Å². The summed E-state index contributed by atoms with van der Waals surface area (Å²) < 4.78 is 1.19. The molecule has 1 unspecified atom stereocenters. The van der Waals surface area contributed by atoms with E-state index in [1.807, 2.05) is 0 Å². The van der Waals surface area contributed by atoms with Crippen molar-refractivity contribution in [2.45, 2.75) is 25.9 Å². The minimum absolute atomic E-state index is 0.00527. The second-order valence-corrected chi connectivity index (χ2v) is 3.61. The van der Waals surface area contributed by atoms with Crippen molar-refractivity contribution >= 4 is 11.7 Å². The lowest BCUT2D eigenvalue weighted by molar-refractivity contribution is -0.389. The number of aliphatic hydroxyl groups excluding tert-OH is 1. The molecular formula is C9H14N4O4. The largest absolute Gasteiger partial charge is 0.396 e. The molecule has 17 heavy (non-hydrogen) atoms. The van der Waals surface area contributed by atoms with Crippen LogP contribution in [0.25, 0.3) is 0 Å². The summed E-state index contributed by atoms with van der Waals surface area (Å²) in [6, 6.07) is 1.09. The van der Waals surface area contributed by atoms with Crippen LogP contribution in [0.3, 0.4) is 0 Å². The highest BCUT2D eigenvalue weighted by atomic mass is 16.6. The maximum absolute atomic E-state index is 11.5. The predicted octanol–water partition coefficient (Wildman–Crippen LogP) is -0.322. The highest BCUT2D eigenvalue weighted by Crippen LogP contribution is 2.04. The molecule has 0 aromatic carbocycles. The Balaban J connectivity index is 2.47. The van der Waals surface area contributed by atoms with Crippen LogP contribution in [0.4, 0.5) is 5.82 Å². The molecule has 0 fully saturated rings. The summed E-state index contributed by atoms with van der Waals surface area (Å²) in [5, 5.41) is 25.3. The van der Waals surface area contributed by atoms with Crippen LogP contribution < -0.4 is 5.32 Å². The van der Waals surface area contributed by atoms with E-state index in [0.29, 0.717) is 6.42 Å². The van der Waals surface area contributed by atoms with Gasteiger partial charge in [0, 0.05) is 12.6 Å². The van der Waals surface area contributed by atoms with Crippen molar-refractivity contribution in [1.29, 1.82) is 0 Å². The number of aromatic nitrogens is 2. The maximum atomic E-state index is 11.5. The minimum atomic E-state index is -0.622. The summed E-state index contributed by atoms with van der Waals surface area (Å²) in [7, 11) is 0. The fraction of sp³-hybridized carbons (Fsp3) is 0.556. The molecule has 1 aromatic heterocycles. The van der Waals surface area contributed by atoms with Crippen LogP contribution in [-0.2, 0) is 11.3 Å². The lowest BCUT2D eigenvalue weighted by Gasteiger charge is -2.11. The van der Waals surface area contributed by atoms with Crippen LogP contribution in [0.2, 0.25) is 0 Å². The van der Waals surface area contributed by atoms with E-state index in [9.17, 15) is 14.9 Å². The molecule has 2 N–H and O–H groups in total. The zero-order chi connectivity index (χ0) is 12.8. The van der Waals surface area contributed by atoms with Crippen molar-refractivity contribution < 1.29 is 14.8 Å². The molecule has 1 heterocycles. The summed E-state index contributed by atoms with van der Waals surface area (Å²) >= 11 is 0. The zero-order valence-electron chi connectivity index (χ0n) is 9.37. The predicted molar refractivity (Wildman–Crippen MR) is 58.2 cm³/mol. The third-order valence-corrected chi connectivity index (χ3v) is 2.09. The van der Waals surface area contributed by atoms with Crippen molar-refractivity contribution in [3.8, 4) is 0 Å². The number of hydrogen-bond donors (Lipinski definition) is 2. The molecule has 1 rings (SSSR count). The molecule has 0 aliphatic heterocycles. The first-order valence-corrected chi connectivity index (χ1v) is 5.11. The van der Waals surface area contributed by atoms with Crippen molar-refractivity contribution in [2.75, 3.05) is 6.61 Å². The average Bonchev–Trinajstić information content (AvgIpc) is 2.66. The first-order valence-electron chi connectivity index (χ1n) is 5.11. The molecule has 1 aromatic rings. The van der Waals surface area contributed by atoms with Crippen molar-refractivity contribution in [2.24, 2.45) is 0 Å². The Kier molecular flexibility index (Phi) is 4.58. The molecule has 0 aliphatic rings. The van der Waals surface area contributed by atoms with E-state index in [2.05, 4.69) is 10.4 Å². The van der Waals surface area contributed by atoms with Crippen LogP contribution in [0, 0.1) is 10.1 Å². The molecule has 8 heteroatoms.